The molecular weight excluding hydrogens is 261 g/mol. The summed E-state index contributed by atoms with van der Waals surface area (Å²) in [5, 5.41) is 0. The number of benzene rings is 1. The maximum atomic E-state index is 13.3. The predicted molar refractivity (Wildman–Crippen MR) is 72.0 cm³/mol. The molecule has 0 aliphatic carbocycles. The van der Waals surface area contributed by atoms with E-state index in [0.29, 0.717) is 29.1 Å². The van der Waals surface area contributed by atoms with Crippen molar-refractivity contribution in [3.8, 4) is 11.5 Å². The summed E-state index contributed by atoms with van der Waals surface area (Å²) in [4.78, 5) is 16.0. The predicted octanol–water partition coefficient (Wildman–Crippen LogP) is 3.53. The number of nitrogens with zero attached hydrogens (tertiary/aromatic N) is 1. The highest BCUT2D eigenvalue weighted by molar-refractivity contribution is 5.88. The summed E-state index contributed by atoms with van der Waals surface area (Å²) in [5.41, 5.74) is 1.70. The van der Waals surface area contributed by atoms with E-state index in [-0.39, 0.29) is 11.6 Å². The lowest BCUT2D eigenvalue weighted by Crippen LogP contribution is -2.03. The van der Waals surface area contributed by atoms with E-state index in [0.717, 1.165) is 6.42 Å². The maximum absolute atomic E-state index is 13.3. The number of hydrogen-bond donors (Lipinski definition) is 0. The fraction of sp³-hybridized carbons (Fsp3) is 0.333. The Kier molecular flexibility index (Phi) is 4.17. The van der Waals surface area contributed by atoms with E-state index >= 15 is 0 Å². The van der Waals surface area contributed by atoms with Gasteiger partial charge in [-0.25, -0.2) is 14.2 Å². The second-order valence-corrected chi connectivity index (χ2v) is 4.50. The highest BCUT2D eigenvalue weighted by Crippen LogP contribution is 2.25. The van der Waals surface area contributed by atoms with Gasteiger partial charge in [0, 0.05) is 5.56 Å². The number of rotatable bonds is 4. The van der Waals surface area contributed by atoms with E-state index in [1.54, 1.807) is 19.1 Å². The van der Waals surface area contributed by atoms with Crippen molar-refractivity contribution < 1.29 is 18.3 Å². The van der Waals surface area contributed by atoms with Crippen LogP contribution in [0.2, 0.25) is 0 Å². The number of carbonyl (C=O) groups is 1. The van der Waals surface area contributed by atoms with Crippen LogP contribution in [0.25, 0.3) is 11.5 Å². The monoisotopic (exact) mass is 277 g/mol. The molecule has 0 bridgehead atoms. The van der Waals surface area contributed by atoms with Gasteiger partial charge in [-0.15, -0.1) is 0 Å². The number of ether oxygens (including phenoxy) is 1. The zero-order chi connectivity index (χ0) is 14.7. The van der Waals surface area contributed by atoms with Crippen molar-refractivity contribution >= 4 is 5.97 Å². The van der Waals surface area contributed by atoms with Gasteiger partial charge in [0.05, 0.1) is 12.8 Å². The SMILES string of the molecule is CCCc1nc(-c2ccc(F)c(C)c2)oc1C(=O)OC. The Bertz CT molecular complexity index is 634. The second-order valence-electron chi connectivity index (χ2n) is 4.50. The third kappa shape index (κ3) is 2.71. The van der Waals surface area contributed by atoms with E-state index in [9.17, 15) is 9.18 Å². The molecule has 0 spiro atoms. The molecule has 0 fully saturated rings. The van der Waals surface area contributed by atoms with Crippen molar-refractivity contribution in [1.82, 2.24) is 4.98 Å². The van der Waals surface area contributed by atoms with Crippen LogP contribution in [0, 0.1) is 12.7 Å². The van der Waals surface area contributed by atoms with Crippen LogP contribution in [0.4, 0.5) is 4.39 Å². The topological polar surface area (TPSA) is 52.3 Å². The third-order valence-corrected chi connectivity index (χ3v) is 2.96. The molecule has 1 aromatic heterocycles. The van der Waals surface area contributed by atoms with Gasteiger partial charge in [-0.1, -0.05) is 13.3 Å². The van der Waals surface area contributed by atoms with Gasteiger partial charge in [-0.2, -0.15) is 0 Å². The lowest BCUT2D eigenvalue weighted by Gasteiger charge is -1.99. The number of aromatic nitrogens is 1. The zero-order valence-electron chi connectivity index (χ0n) is 11.7. The molecule has 4 nitrogen and oxygen atoms in total. The number of hydrogen-bond acceptors (Lipinski definition) is 4. The lowest BCUT2D eigenvalue weighted by molar-refractivity contribution is 0.0564. The molecule has 0 N–H and O–H groups in total. The molecule has 0 saturated heterocycles. The molecule has 20 heavy (non-hydrogen) atoms. The Morgan fingerprint density at radius 1 is 1.45 bits per heavy atom. The molecule has 1 aromatic carbocycles. The largest absolute Gasteiger partial charge is 0.463 e. The first-order valence-corrected chi connectivity index (χ1v) is 6.41. The first-order valence-electron chi connectivity index (χ1n) is 6.41. The molecule has 0 aliphatic rings. The van der Waals surface area contributed by atoms with E-state index in [1.165, 1.54) is 13.2 Å². The Hall–Kier alpha value is -2.17. The van der Waals surface area contributed by atoms with Gasteiger partial charge < -0.3 is 9.15 Å². The minimum atomic E-state index is -0.550. The number of oxazole rings is 1. The average molecular weight is 277 g/mol. The van der Waals surface area contributed by atoms with Crippen molar-refractivity contribution in [2.24, 2.45) is 0 Å². The van der Waals surface area contributed by atoms with Crippen molar-refractivity contribution in [2.75, 3.05) is 7.11 Å². The summed E-state index contributed by atoms with van der Waals surface area (Å²) in [6, 6.07) is 4.56. The van der Waals surface area contributed by atoms with Gasteiger partial charge in [0.1, 0.15) is 5.82 Å². The van der Waals surface area contributed by atoms with E-state index in [4.69, 9.17) is 4.42 Å². The molecule has 0 aliphatic heterocycles. The van der Waals surface area contributed by atoms with E-state index < -0.39 is 5.97 Å². The number of halogens is 1. The quantitative estimate of drug-likeness (QED) is 0.802. The molecule has 0 saturated carbocycles. The van der Waals surface area contributed by atoms with Crippen LogP contribution in [0.1, 0.15) is 35.2 Å². The molecule has 0 unspecified atom stereocenters. The maximum Gasteiger partial charge on any atom is 0.376 e. The first-order chi connectivity index (χ1) is 9.56. The standard InChI is InChI=1S/C15H16FNO3/c1-4-5-12-13(15(18)19-3)20-14(17-12)10-6-7-11(16)9(2)8-10/h6-8H,4-5H2,1-3H3. The smallest absolute Gasteiger partial charge is 0.376 e. The molecule has 5 heteroatoms. The van der Waals surface area contributed by atoms with Crippen molar-refractivity contribution in [2.45, 2.75) is 26.7 Å². The van der Waals surface area contributed by atoms with Crippen LogP contribution in [0.15, 0.2) is 22.6 Å². The summed E-state index contributed by atoms with van der Waals surface area (Å²) >= 11 is 0. The lowest BCUT2D eigenvalue weighted by atomic mass is 10.1. The summed E-state index contributed by atoms with van der Waals surface area (Å²) in [5.74, 6) is -0.420. The Morgan fingerprint density at radius 2 is 2.20 bits per heavy atom. The molecule has 0 atom stereocenters. The summed E-state index contributed by atoms with van der Waals surface area (Å²) in [6.07, 6.45) is 1.45. The van der Waals surface area contributed by atoms with Gasteiger partial charge in [0.25, 0.3) is 0 Å². The zero-order valence-corrected chi connectivity index (χ0v) is 11.7. The van der Waals surface area contributed by atoms with Crippen LogP contribution in [-0.4, -0.2) is 18.1 Å². The fourth-order valence-corrected chi connectivity index (χ4v) is 1.91. The van der Waals surface area contributed by atoms with E-state index in [2.05, 4.69) is 9.72 Å². The number of esters is 1. The fourth-order valence-electron chi connectivity index (χ4n) is 1.91. The summed E-state index contributed by atoms with van der Waals surface area (Å²) in [7, 11) is 1.29. The number of methoxy groups -OCH3 is 1. The van der Waals surface area contributed by atoms with Crippen LogP contribution in [0.5, 0.6) is 0 Å². The highest BCUT2D eigenvalue weighted by Gasteiger charge is 2.21. The van der Waals surface area contributed by atoms with Crippen LogP contribution >= 0.6 is 0 Å². The molecule has 0 radical (unpaired) electrons. The van der Waals surface area contributed by atoms with Gasteiger partial charge >= 0.3 is 5.97 Å². The van der Waals surface area contributed by atoms with Crippen LogP contribution in [-0.2, 0) is 11.2 Å². The van der Waals surface area contributed by atoms with Gasteiger partial charge in [0.15, 0.2) is 0 Å². The van der Waals surface area contributed by atoms with Gasteiger partial charge in [-0.3, -0.25) is 0 Å². The average Bonchev–Trinajstić information content (AvgIpc) is 2.85. The molecule has 2 aromatic rings. The van der Waals surface area contributed by atoms with Crippen LogP contribution < -0.4 is 0 Å². The Balaban J connectivity index is 2.46. The van der Waals surface area contributed by atoms with Gasteiger partial charge in [0.2, 0.25) is 11.7 Å². The third-order valence-electron chi connectivity index (χ3n) is 2.96. The van der Waals surface area contributed by atoms with Crippen molar-refractivity contribution in [3.05, 3.63) is 41.0 Å². The van der Waals surface area contributed by atoms with Gasteiger partial charge in [-0.05, 0) is 37.1 Å². The summed E-state index contributed by atoms with van der Waals surface area (Å²) < 4.78 is 23.5. The number of aryl methyl sites for hydroxylation is 2. The summed E-state index contributed by atoms with van der Waals surface area (Å²) in [6.45, 7) is 3.65. The minimum Gasteiger partial charge on any atom is -0.463 e. The van der Waals surface area contributed by atoms with Crippen LogP contribution in [0.3, 0.4) is 0 Å². The van der Waals surface area contributed by atoms with E-state index in [1.807, 2.05) is 6.92 Å². The molecule has 106 valence electrons. The molecule has 2 rings (SSSR count). The first kappa shape index (κ1) is 14.2. The second kappa shape index (κ2) is 5.86. The minimum absolute atomic E-state index is 0.117. The highest BCUT2D eigenvalue weighted by atomic mass is 19.1. The van der Waals surface area contributed by atoms with Crippen molar-refractivity contribution in [3.63, 3.8) is 0 Å². The number of carbonyl (C=O) groups excluding carboxylic acids is 1. The molecule has 0 amide bonds. The normalized spacial score (nSPS) is 10.6. The molecule has 1 heterocycles. The van der Waals surface area contributed by atoms with Crippen molar-refractivity contribution in [1.29, 1.82) is 0 Å². The Morgan fingerprint density at radius 3 is 2.80 bits per heavy atom. The molecular formula is C15H16FNO3. The Labute approximate surface area is 116 Å².